The molecule has 2 aromatic carbocycles. The average Bonchev–Trinajstić information content (AvgIpc) is 2.71. The number of nitrogens with zero attached hydrogens (tertiary/aromatic N) is 4. The van der Waals surface area contributed by atoms with E-state index in [1.807, 2.05) is 18.2 Å². The topological polar surface area (TPSA) is 75.5 Å². The van der Waals surface area contributed by atoms with Crippen LogP contribution in [0.15, 0.2) is 70.5 Å². The second-order valence-electron chi connectivity index (χ2n) is 6.50. The molecule has 0 bridgehead atoms. The SMILES string of the molecule is O=c1cnn(CN2CCN(S(=O)(=O)c3ccccc3)CC2)c2ccccc12. The number of hydrogen-bond donors (Lipinski definition) is 0. The third-order valence-corrected chi connectivity index (χ3v) is 6.72. The fourth-order valence-electron chi connectivity index (χ4n) is 3.32. The van der Waals surface area contributed by atoms with Crippen LogP contribution in [0.25, 0.3) is 10.9 Å². The van der Waals surface area contributed by atoms with Crippen molar-refractivity contribution in [1.82, 2.24) is 19.0 Å². The predicted octanol–water partition coefficient (Wildman–Crippen LogP) is 1.36. The van der Waals surface area contributed by atoms with Gasteiger partial charge in [-0.25, -0.2) is 8.42 Å². The molecule has 0 N–H and O–H groups in total. The molecule has 27 heavy (non-hydrogen) atoms. The zero-order valence-corrected chi connectivity index (χ0v) is 15.5. The minimum atomic E-state index is -3.46. The lowest BCUT2D eigenvalue weighted by Gasteiger charge is -2.34. The first kappa shape index (κ1) is 17.8. The van der Waals surface area contributed by atoms with Gasteiger partial charge >= 0.3 is 0 Å². The minimum absolute atomic E-state index is 0.0966. The van der Waals surface area contributed by atoms with Gasteiger partial charge in [-0.2, -0.15) is 9.40 Å². The third-order valence-electron chi connectivity index (χ3n) is 4.81. The second-order valence-corrected chi connectivity index (χ2v) is 8.44. The van der Waals surface area contributed by atoms with Crippen LogP contribution in [0.3, 0.4) is 0 Å². The van der Waals surface area contributed by atoms with Crippen LogP contribution in [-0.2, 0) is 16.7 Å². The lowest BCUT2D eigenvalue weighted by atomic mass is 10.2. The minimum Gasteiger partial charge on any atom is -0.287 e. The Morgan fingerprint density at radius 1 is 0.889 bits per heavy atom. The number of piperazine rings is 1. The van der Waals surface area contributed by atoms with Crippen LogP contribution < -0.4 is 5.43 Å². The Kier molecular flexibility index (Phi) is 4.77. The van der Waals surface area contributed by atoms with Crippen molar-refractivity contribution in [3.05, 3.63) is 71.0 Å². The molecule has 1 saturated heterocycles. The standard InChI is InChI=1S/C19H20N4O3S/c24-19-14-20-23(18-9-5-4-8-17(18)19)15-21-10-12-22(13-11-21)27(25,26)16-6-2-1-3-7-16/h1-9,14H,10-13,15H2. The number of rotatable bonds is 4. The van der Waals surface area contributed by atoms with E-state index in [2.05, 4.69) is 10.00 Å². The van der Waals surface area contributed by atoms with Crippen LogP contribution in [0, 0.1) is 0 Å². The van der Waals surface area contributed by atoms with Gasteiger partial charge in [0.15, 0.2) is 0 Å². The van der Waals surface area contributed by atoms with Crippen LogP contribution >= 0.6 is 0 Å². The summed E-state index contributed by atoms with van der Waals surface area (Å²) in [6.45, 7) is 2.58. The summed E-state index contributed by atoms with van der Waals surface area (Å²) in [6, 6.07) is 15.9. The Hall–Kier alpha value is -2.55. The normalized spacial score (nSPS) is 16.6. The molecule has 1 aromatic heterocycles. The molecular weight excluding hydrogens is 364 g/mol. The van der Waals surface area contributed by atoms with Crippen LogP contribution in [0.1, 0.15) is 0 Å². The monoisotopic (exact) mass is 384 g/mol. The summed E-state index contributed by atoms with van der Waals surface area (Å²) < 4.78 is 28.8. The average molecular weight is 384 g/mol. The molecule has 3 aromatic rings. The van der Waals surface area contributed by atoms with E-state index in [4.69, 9.17) is 0 Å². The molecule has 7 nitrogen and oxygen atoms in total. The fourth-order valence-corrected chi connectivity index (χ4v) is 4.76. The fraction of sp³-hybridized carbons (Fsp3) is 0.263. The maximum atomic E-state index is 12.7. The van der Waals surface area contributed by atoms with E-state index >= 15 is 0 Å². The van der Waals surface area contributed by atoms with E-state index in [0.717, 1.165) is 5.52 Å². The summed E-state index contributed by atoms with van der Waals surface area (Å²) in [5.74, 6) is 0. The van der Waals surface area contributed by atoms with Crippen molar-refractivity contribution in [1.29, 1.82) is 0 Å². The first-order valence-electron chi connectivity index (χ1n) is 8.78. The molecule has 0 radical (unpaired) electrons. The highest BCUT2D eigenvalue weighted by atomic mass is 32.2. The summed E-state index contributed by atoms with van der Waals surface area (Å²) in [4.78, 5) is 14.4. The van der Waals surface area contributed by atoms with E-state index in [1.165, 1.54) is 10.5 Å². The zero-order valence-electron chi connectivity index (χ0n) is 14.7. The summed E-state index contributed by atoms with van der Waals surface area (Å²) >= 11 is 0. The molecule has 0 unspecified atom stereocenters. The van der Waals surface area contributed by atoms with Crippen molar-refractivity contribution in [2.45, 2.75) is 11.6 Å². The number of para-hydroxylation sites is 1. The molecule has 0 spiro atoms. The number of benzene rings is 2. The molecule has 1 aliphatic rings. The molecular formula is C19H20N4O3S. The van der Waals surface area contributed by atoms with Gasteiger partial charge in [0.1, 0.15) is 0 Å². The van der Waals surface area contributed by atoms with Crippen molar-refractivity contribution in [3.63, 3.8) is 0 Å². The lowest BCUT2D eigenvalue weighted by molar-refractivity contribution is 0.147. The Labute approximate surface area is 157 Å². The molecule has 2 heterocycles. The van der Waals surface area contributed by atoms with Crippen LogP contribution in [0.2, 0.25) is 0 Å². The Bertz CT molecular complexity index is 1100. The van der Waals surface area contributed by atoms with E-state index < -0.39 is 10.0 Å². The van der Waals surface area contributed by atoms with Gasteiger partial charge in [0.05, 0.1) is 23.3 Å². The zero-order chi connectivity index (χ0) is 18.9. The largest absolute Gasteiger partial charge is 0.287 e. The summed E-state index contributed by atoms with van der Waals surface area (Å²) in [5.41, 5.74) is 0.685. The van der Waals surface area contributed by atoms with Gasteiger partial charge in [0, 0.05) is 31.6 Å². The highest BCUT2D eigenvalue weighted by molar-refractivity contribution is 7.89. The summed E-state index contributed by atoms with van der Waals surface area (Å²) in [5, 5.41) is 4.88. The van der Waals surface area contributed by atoms with Gasteiger partial charge in [-0.3, -0.25) is 14.4 Å². The quantitative estimate of drug-likeness (QED) is 0.679. The Morgan fingerprint density at radius 3 is 2.30 bits per heavy atom. The van der Waals surface area contributed by atoms with E-state index in [1.54, 1.807) is 41.1 Å². The molecule has 8 heteroatoms. The van der Waals surface area contributed by atoms with Crippen molar-refractivity contribution in [3.8, 4) is 0 Å². The Morgan fingerprint density at radius 2 is 1.56 bits per heavy atom. The van der Waals surface area contributed by atoms with Gasteiger partial charge in [0.2, 0.25) is 15.5 Å². The third kappa shape index (κ3) is 3.51. The summed E-state index contributed by atoms with van der Waals surface area (Å²) in [6.07, 6.45) is 1.33. The molecule has 0 aliphatic carbocycles. The van der Waals surface area contributed by atoms with Gasteiger partial charge in [-0.1, -0.05) is 30.3 Å². The molecule has 1 aliphatic heterocycles. The maximum Gasteiger partial charge on any atom is 0.243 e. The first-order chi connectivity index (χ1) is 13.1. The van der Waals surface area contributed by atoms with Gasteiger partial charge in [0.25, 0.3) is 0 Å². The number of aromatic nitrogens is 2. The highest BCUT2D eigenvalue weighted by Gasteiger charge is 2.28. The van der Waals surface area contributed by atoms with Crippen molar-refractivity contribution < 1.29 is 8.42 Å². The summed E-state index contributed by atoms with van der Waals surface area (Å²) in [7, 11) is -3.46. The molecule has 0 amide bonds. The molecule has 4 rings (SSSR count). The lowest BCUT2D eigenvalue weighted by Crippen LogP contribution is -2.49. The molecule has 140 valence electrons. The van der Waals surface area contributed by atoms with Crippen LogP contribution in [0.5, 0.6) is 0 Å². The van der Waals surface area contributed by atoms with Crippen molar-refractivity contribution in [2.24, 2.45) is 0 Å². The van der Waals surface area contributed by atoms with Gasteiger partial charge in [-0.15, -0.1) is 0 Å². The van der Waals surface area contributed by atoms with Crippen molar-refractivity contribution >= 4 is 20.9 Å². The maximum absolute atomic E-state index is 12.7. The van der Waals surface area contributed by atoms with Gasteiger partial charge < -0.3 is 0 Å². The molecule has 0 atom stereocenters. The predicted molar refractivity (Wildman–Crippen MR) is 103 cm³/mol. The van der Waals surface area contributed by atoms with Gasteiger partial charge in [-0.05, 0) is 24.3 Å². The second kappa shape index (κ2) is 7.22. The number of fused-ring (bicyclic) bond motifs is 1. The van der Waals surface area contributed by atoms with Crippen LogP contribution in [0.4, 0.5) is 0 Å². The first-order valence-corrected chi connectivity index (χ1v) is 10.2. The Balaban J connectivity index is 1.48. The molecule has 1 fully saturated rings. The van der Waals surface area contributed by atoms with E-state index in [9.17, 15) is 13.2 Å². The van der Waals surface area contributed by atoms with E-state index in [0.29, 0.717) is 43.1 Å². The number of sulfonamides is 1. The highest BCUT2D eigenvalue weighted by Crippen LogP contribution is 2.18. The molecule has 0 saturated carbocycles. The number of hydrogen-bond acceptors (Lipinski definition) is 5. The van der Waals surface area contributed by atoms with E-state index in [-0.39, 0.29) is 5.43 Å². The smallest absolute Gasteiger partial charge is 0.243 e. The van der Waals surface area contributed by atoms with Crippen molar-refractivity contribution in [2.75, 3.05) is 26.2 Å². The van der Waals surface area contributed by atoms with Crippen LogP contribution in [-0.4, -0.2) is 53.6 Å².